The van der Waals surface area contributed by atoms with E-state index in [1.807, 2.05) is 36.5 Å². The lowest BCUT2D eigenvalue weighted by Crippen LogP contribution is -2.29. The number of benzene rings is 3. The van der Waals surface area contributed by atoms with Gasteiger partial charge in [0, 0.05) is 29.9 Å². The van der Waals surface area contributed by atoms with Gasteiger partial charge in [-0.1, -0.05) is 47.7 Å². The van der Waals surface area contributed by atoms with Gasteiger partial charge in [-0.05, 0) is 42.8 Å². The number of anilines is 1. The lowest BCUT2D eigenvalue weighted by molar-refractivity contribution is 0.0787. The van der Waals surface area contributed by atoms with Crippen molar-refractivity contribution < 1.29 is 17.6 Å². The molecule has 0 aliphatic carbocycles. The van der Waals surface area contributed by atoms with Gasteiger partial charge in [0.15, 0.2) is 0 Å². The summed E-state index contributed by atoms with van der Waals surface area (Å²) in [7, 11) is -4.00. The van der Waals surface area contributed by atoms with Gasteiger partial charge in [-0.3, -0.25) is 9.52 Å². The quantitative estimate of drug-likeness (QED) is 0.440. The second-order valence-corrected chi connectivity index (χ2v) is 9.97. The third-order valence-electron chi connectivity index (χ3n) is 5.87. The average Bonchev–Trinajstić information content (AvgIpc) is 3.54. The maximum Gasteiger partial charge on any atom is 0.261 e. The molecule has 10 heteroatoms. The maximum atomic E-state index is 13.5. The number of hydrogen-bond donors (Lipinski definition) is 1. The zero-order valence-electron chi connectivity index (χ0n) is 18.6. The Morgan fingerprint density at radius 3 is 2.60 bits per heavy atom. The van der Waals surface area contributed by atoms with Gasteiger partial charge < -0.3 is 4.90 Å². The van der Waals surface area contributed by atoms with E-state index in [-0.39, 0.29) is 22.5 Å². The van der Waals surface area contributed by atoms with E-state index in [0.29, 0.717) is 18.7 Å². The molecular weight excluding hydrogens is 469 g/mol. The van der Waals surface area contributed by atoms with Gasteiger partial charge >= 0.3 is 0 Å². The Balaban J connectivity index is 1.28. The molecule has 0 radical (unpaired) electrons. The third-order valence-corrected chi connectivity index (χ3v) is 7.25. The highest BCUT2D eigenvalue weighted by Crippen LogP contribution is 2.26. The van der Waals surface area contributed by atoms with Gasteiger partial charge in [0.05, 0.1) is 17.1 Å². The summed E-state index contributed by atoms with van der Waals surface area (Å²) in [6.45, 7) is 1.01. The van der Waals surface area contributed by atoms with Gasteiger partial charge in [0.2, 0.25) is 0 Å². The lowest BCUT2D eigenvalue weighted by atomic mass is 10.2. The average molecular weight is 492 g/mol. The number of nitrogens with zero attached hydrogens (tertiary/aromatic N) is 4. The minimum absolute atomic E-state index is 0.00132. The Morgan fingerprint density at radius 2 is 1.80 bits per heavy atom. The number of nitrogens with one attached hydrogen (secondary N) is 1. The fourth-order valence-electron chi connectivity index (χ4n) is 4.09. The van der Waals surface area contributed by atoms with Crippen LogP contribution in [0.5, 0.6) is 0 Å². The van der Waals surface area contributed by atoms with Crippen LogP contribution in [0.1, 0.15) is 22.8 Å². The molecule has 5 rings (SSSR count). The molecule has 178 valence electrons. The summed E-state index contributed by atoms with van der Waals surface area (Å²) in [4.78, 5) is 14.7. The largest absolute Gasteiger partial charge is 0.336 e. The molecule has 1 N–H and O–H groups in total. The fourth-order valence-corrected chi connectivity index (χ4v) is 5.17. The molecule has 1 aliphatic heterocycles. The van der Waals surface area contributed by atoms with Gasteiger partial charge in [0.1, 0.15) is 11.5 Å². The summed E-state index contributed by atoms with van der Waals surface area (Å²) in [5.74, 6) is -0.855. The normalized spacial score (nSPS) is 15.8. The van der Waals surface area contributed by atoms with Crippen molar-refractivity contribution in [3.63, 3.8) is 0 Å². The molecule has 4 aromatic rings. The number of aromatic nitrogens is 3. The molecule has 1 atom stereocenters. The van der Waals surface area contributed by atoms with Crippen molar-refractivity contribution >= 4 is 21.6 Å². The van der Waals surface area contributed by atoms with E-state index < -0.39 is 15.8 Å². The molecule has 0 spiro atoms. The smallest absolute Gasteiger partial charge is 0.261 e. The van der Waals surface area contributed by atoms with E-state index in [0.717, 1.165) is 23.7 Å². The number of sulfonamides is 1. The van der Waals surface area contributed by atoms with Crippen molar-refractivity contribution in [2.75, 3.05) is 17.8 Å². The Kier molecular flexibility index (Phi) is 6.04. The summed E-state index contributed by atoms with van der Waals surface area (Å²) in [5, 5.41) is 8.51. The predicted molar refractivity (Wildman–Crippen MR) is 129 cm³/mol. The summed E-state index contributed by atoms with van der Waals surface area (Å²) < 4.78 is 42.9. The summed E-state index contributed by atoms with van der Waals surface area (Å²) in [5.41, 5.74) is 2.32. The number of rotatable bonds is 6. The molecule has 1 aromatic heterocycles. The highest BCUT2D eigenvalue weighted by atomic mass is 32.2. The molecule has 35 heavy (non-hydrogen) atoms. The van der Waals surface area contributed by atoms with E-state index in [9.17, 15) is 17.6 Å². The summed E-state index contributed by atoms with van der Waals surface area (Å²) >= 11 is 0. The van der Waals surface area contributed by atoms with Crippen molar-refractivity contribution in [2.45, 2.75) is 17.4 Å². The van der Waals surface area contributed by atoms with Crippen molar-refractivity contribution in [3.05, 3.63) is 96.4 Å². The Morgan fingerprint density at radius 1 is 1.00 bits per heavy atom. The number of carbonyl (C=O) groups excluding carboxylic acids is 1. The molecule has 1 unspecified atom stereocenters. The van der Waals surface area contributed by atoms with Crippen molar-refractivity contribution in [3.8, 4) is 11.3 Å². The van der Waals surface area contributed by atoms with E-state index >= 15 is 0 Å². The zero-order chi connectivity index (χ0) is 24.4. The minimum atomic E-state index is -4.00. The molecule has 1 fully saturated rings. The van der Waals surface area contributed by atoms with Gasteiger partial charge in [-0.2, -0.15) is 0 Å². The lowest BCUT2D eigenvalue weighted by Gasteiger charge is -2.17. The highest BCUT2D eigenvalue weighted by Gasteiger charge is 2.29. The molecule has 2 heterocycles. The molecule has 3 aromatic carbocycles. The Labute approximate surface area is 202 Å². The Hall–Kier alpha value is -4.05. The topological polar surface area (TPSA) is 97.2 Å². The van der Waals surface area contributed by atoms with Crippen molar-refractivity contribution in [2.24, 2.45) is 0 Å². The second kappa shape index (κ2) is 9.30. The van der Waals surface area contributed by atoms with Gasteiger partial charge in [-0.25, -0.2) is 17.5 Å². The van der Waals surface area contributed by atoms with E-state index in [1.165, 1.54) is 24.3 Å². The number of halogens is 1. The summed E-state index contributed by atoms with van der Waals surface area (Å²) in [6.07, 6.45) is 2.62. The van der Waals surface area contributed by atoms with Crippen LogP contribution in [-0.4, -0.2) is 47.3 Å². The third kappa shape index (κ3) is 4.92. The molecule has 1 saturated heterocycles. The Bertz CT molecular complexity index is 1470. The zero-order valence-corrected chi connectivity index (χ0v) is 19.4. The fraction of sp³-hybridized carbons (Fsp3) is 0.160. The van der Waals surface area contributed by atoms with Crippen LogP contribution in [0.4, 0.5) is 10.1 Å². The van der Waals surface area contributed by atoms with Crippen LogP contribution in [0.3, 0.4) is 0 Å². The monoisotopic (exact) mass is 491 g/mol. The first-order valence-corrected chi connectivity index (χ1v) is 12.5. The SMILES string of the molecule is O=C(c1cccc(NS(=O)(=O)c2cccc(F)c2)c1)N1CCC(n2cc(-c3ccccc3)nn2)C1. The first-order chi connectivity index (χ1) is 16.9. The van der Waals surface area contributed by atoms with E-state index in [4.69, 9.17) is 0 Å². The van der Waals surface area contributed by atoms with Gasteiger partial charge in [-0.15, -0.1) is 5.10 Å². The maximum absolute atomic E-state index is 13.5. The molecule has 0 saturated carbocycles. The predicted octanol–water partition coefficient (Wildman–Crippen LogP) is 3.97. The highest BCUT2D eigenvalue weighted by molar-refractivity contribution is 7.92. The van der Waals surface area contributed by atoms with Crippen LogP contribution in [-0.2, 0) is 10.0 Å². The van der Waals surface area contributed by atoms with Crippen LogP contribution in [0.15, 0.2) is 90.0 Å². The molecule has 0 bridgehead atoms. The van der Waals surface area contributed by atoms with Crippen LogP contribution in [0.2, 0.25) is 0 Å². The van der Waals surface area contributed by atoms with Crippen LogP contribution >= 0.6 is 0 Å². The van der Waals surface area contributed by atoms with E-state index in [1.54, 1.807) is 27.8 Å². The van der Waals surface area contributed by atoms with Crippen molar-refractivity contribution in [1.29, 1.82) is 0 Å². The van der Waals surface area contributed by atoms with Crippen LogP contribution in [0.25, 0.3) is 11.3 Å². The molecular formula is C25H22FN5O3S. The van der Waals surface area contributed by atoms with Crippen LogP contribution in [0, 0.1) is 5.82 Å². The number of likely N-dealkylation sites (tertiary alicyclic amines) is 1. The number of hydrogen-bond acceptors (Lipinski definition) is 5. The summed E-state index contributed by atoms with van der Waals surface area (Å²) in [6, 6.07) is 20.8. The first kappa shape index (κ1) is 22.7. The van der Waals surface area contributed by atoms with E-state index in [2.05, 4.69) is 15.0 Å². The van der Waals surface area contributed by atoms with Crippen LogP contribution < -0.4 is 4.72 Å². The first-order valence-electron chi connectivity index (χ1n) is 11.0. The second-order valence-electron chi connectivity index (χ2n) is 8.29. The standard InChI is InChI=1S/C25H22FN5O3S/c26-20-9-5-11-23(15-20)35(33,34)28-21-10-4-8-19(14-21)25(32)30-13-12-22(16-30)31-17-24(27-29-31)18-6-2-1-3-7-18/h1-11,14-15,17,22,28H,12-13,16H2. The minimum Gasteiger partial charge on any atom is -0.336 e. The molecule has 1 aliphatic rings. The number of carbonyl (C=O) groups is 1. The molecule has 8 nitrogen and oxygen atoms in total. The van der Waals surface area contributed by atoms with Gasteiger partial charge in [0.25, 0.3) is 15.9 Å². The molecule has 1 amide bonds. The number of amides is 1. The van der Waals surface area contributed by atoms with Crippen molar-refractivity contribution in [1.82, 2.24) is 19.9 Å².